The zero-order valence-corrected chi connectivity index (χ0v) is 10.7. The summed E-state index contributed by atoms with van der Waals surface area (Å²) in [4.78, 5) is 26.6. The van der Waals surface area contributed by atoms with Gasteiger partial charge in [-0.2, -0.15) is 0 Å². The minimum atomic E-state index is -0.794. The molecule has 6 heteroatoms. The number of anilines is 1. The maximum atomic E-state index is 11.2. The summed E-state index contributed by atoms with van der Waals surface area (Å²) in [7, 11) is 0. The molecule has 0 bridgehead atoms. The van der Waals surface area contributed by atoms with Crippen LogP contribution in [0.1, 0.15) is 35.3 Å². The number of primary amides is 1. The van der Waals surface area contributed by atoms with Crippen molar-refractivity contribution < 1.29 is 14.7 Å². The smallest absolute Gasteiger partial charge is 0.308 e. The monoisotopic (exact) mass is 263 g/mol. The summed E-state index contributed by atoms with van der Waals surface area (Å²) < 4.78 is 0. The van der Waals surface area contributed by atoms with Gasteiger partial charge in [0.15, 0.2) is 0 Å². The molecular weight excluding hydrogens is 246 g/mol. The number of hydrogen-bond donors (Lipinski definition) is 3. The van der Waals surface area contributed by atoms with E-state index in [1.165, 1.54) is 0 Å². The Balaban J connectivity index is 2.19. The number of carboxylic acids is 1. The van der Waals surface area contributed by atoms with E-state index in [-0.39, 0.29) is 6.04 Å². The number of aryl methyl sites for hydroxylation is 1. The fourth-order valence-corrected chi connectivity index (χ4v) is 2.50. The highest BCUT2D eigenvalue weighted by Crippen LogP contribution is 2.28. The number of rotatable bonds is 4. The molecule has 1 saturated carbocycles. The number of hydrogen-bond acceptors (Lipinski definition) is 4. The van der Waals surface area contributed by atoms with Gasteiger partial charge in [-0.1, -0.05) is 6.42 Å². The molecule has 2 unspecified atom stereocenters. The first kappa shape index (κ1) is 13.3. The van der Waals surface area contributed by atoms with Crippen molar-refractivity contribution in [3.05, 3.63) is 23.4 Å². The number of nitrogens with zero attached hydrogens (tertiary/aromatic N) is 1. The van der Waals surface area contributed by atoms with Crippen molar-refractivity contribution in [1.29, 1.82) is 0 Å². The van der Waals surface area contributed by atoms with Crippen LogP contribution in [0.25, 0.3) is 0 Å². The number of carbonyl (C=O) groups excluding carboxylic acids is 1. The van der Waals surface area contributed by atoms with Gasteiger partial charge in [-0.25, -0.2) is 4.98 Å². The molecule has 1 aliphatic carbocycles. The van der Waals surface area contributed by atoms with E-state index in [2.05, 4.69) is 10.3 Å². The maximum absolute atomic E-state index is 11.2. The highest BCUT2D eigenvalue weighted by molar-refractivity contribution is 5.93. The normalized spacial score (nSPS) is 22.2. The van der Waals surface area contributed by atoms with Crippen molar-refractivity contribution in [2.75, 3.05) is 5.32 Å². The molecule has 0 saturated heterocycles. The van der Waals surface area contributed by atoms with E-state index < -0.39 is 17.8 Å². The summed E-state index contributed by atoms with van der Waals surface area (Å²) in [6.45, 7) is 1.76. The first-order chi connectivity index (χ1) is 8.97. The maximum Gasteiger partial charge on any atom is 0.308 e. The molecule has 0 aliphatic heterocycles. The molecule has 6 nitrogen and oxygen atoms in total. The molecule has 1 aromatic heterocycles. The Bertz CT molecular complexity index is 516. The van der Waals surface area contributed by atoms with Crippen molar-refractivity contribution in [3.63, 3.8) is 0 Å². The quantitative estimate of drug-likeness (QED) is 0.755. The Morgan fingerprint density at radius 1 is 1.42 bits per heavy atom. The number of nitrogens with two attached hydrogens (primary N) is 1. The van der Waals surface area contributed by atoms with E-state index in [0.29, 0.717) is 23.5 Å². The average molecular weight is 263 g/mol. The van der Waals surface area contributed by atoms with Gasteiger partial charge in [-0.05, 0) is 31.9 Å². The van der Waals surface area contributed by atoms with E-state index in [4.69, 9.17) is 10.8 Å². The molecule has 1 fully saturated rings. The van der Waals surface area contributed by atoms with Crippen LogP contribution in [0.4, 0.5) is 5.82 Å². The van der Waals surface area contributed by atoms with Gasteiger partial charge in [-0.15, -0.1) is 0 Å². The van der Waals surface area contributed by atoms with Crippen molar-refractivity contribution >= 4 is 17.7 Å². The predicted molar refractivity (Wildman–Crippen MR) is 69.9 cm³/mol. The lowest BCUT2D eigenvalue weighted by molar-refractivity contribution is -0.141. The van der Waals surface area contributed by atoms with Gasteiger partial charge >= 0.3 is 5.97 Å². The third-order valence-corrected chi connectivity index (χ3v) is 3.40. The number of nitrogens with one attached hydrogen (secondary N) is 1. The Labute approximate surface area is 111 Å². The number of carbonyl (C=O) groups is 2. The average Bonchev–Trinajstić information content (AvgIpc) is 2.76. The largest absolute Gasteiger partial charge is 0.481 e. The van der Waals surface area contributed by atoms with Gasteiger partial charge in [0, 0.05) is 17.3 Å². The zero-order chi connectivity index (χ0) is 14.0. The van der Waals surface area contributed by atoms with Crippen molar-refractivity contribution in [2.24, 2.45) is 11.7 Å². The molecule has 2 rings (SSSR count). The molecule has 4 N–H and O–H groups in total. The highest BCUT2D eigenvalue weighted by atomic mass is 16.4. The van der Waals surface area contributed by atoms with Gasteiger partial charge < -0.3 is 16.2 Å². The van der Waals surface area contributed by atoms with Crippen LogP contribution in [0.3, 0.4) is 0 Å². The van der Waals surface area contributed by atoms with Crippen LogP contribution < -0.4 is 11.1 Å². The second kappa shape index (κ2) is 5.26. The molecule has 1 heterocycles. The number of aliphatic carboxylic acids is 1. The molecule has 1 aliphatic rings. The van der Waals surface area contributed by atoms with E-state index in [1.54, 1.807) is 19.1 Å². The molecule has 0 radical (unpaired) electrons. The Morgan fingerprint density at radius 2 is 2.16 bits per heavy atom. The van der Waals surface area contributed by atoms with Crippen LogP contribution in [-0.2, 0) is 4.79 Å². The Morgan fingerprint density at radius 3 is 2.79 bits per heavy atom. The minimum Gasteiger partial charge on any atom is -0.481 e. The van der Waals surface area contributed by atoms with Crippen LogP contribution in [0.2, 0.25) is 0 Å². The summed E-state index contributed by atoms with van der Waals surface area (Å²) >= 11 is 0. The molecule has 2 atom stereocenters. The number of pyridine rings is 1. The van der Waals surface area contributed by atoms with Crippen molar-refractivity contribution in [3.8, 4) is 0 Å². The molecule has 102 valence electrons. The van der Waals surface area contributed by atoms with E-state index in [1.807, 2.05) is 0 Å². The zero-order valence-electron chi connectivity index (χ0n) is 10.7. The lowest BCUT2D eigenvalue weighted by Gasteiger charge is -2.18. The minimum absolute atomic E-state index is 0.146. The fraction of sp³-hybridized carbons (Fsp3) is 0.462. The first-order valence-corrected chi connectivity index (χ1v) is 6.25. The van der Waals surface area contributed by atoms with E-state index in [9.17, 15) is 9.59 Å². The summed E-state index contributed by atoms with van der Waals surface area (Å²) in [5.74, 6) is -1.21. The number of carboxylic acid groups (broad SMARTS) is 1. The van der Waals surface area contributed by atoms with Crippen LogP contribution in [0, 0.1) is 12.8 Å². The Kier molecular flexibility index (Phi) is 3.69. The van der Waals surface area contributed by atoms with Gasteiger partial charge in [0.25, 0.3) is 0 Å². The molecule has 0 spiro atoms. The predicted octanol–water partition coefficient (Wildman–Crippen LogP) is 1.15. The molecule has 0 aromatic carbocycles. The van der Waals surface area contributed by atoms with E-state index in [0.717, 1.165) is 12.8 Å². The van der Waals surface area contributed by atoms with Crippen LogP contribution in [0.5, 0.6) is 0 Å². The molecule has 19 heavy (non-hydrogen) atoms. The van der Waals surface area contributed by atoms with Crippen LogP contribution in [0.15, 0.2) is 12.1 Å². The summed E-state index contributed by atoms with van der Waals surface area (Å²) in [6, 6.07) is 3.02. The highest BCUT2D eigenvalue weighted by Gasteiger charge is 2.33. The molecular formula is C13H17N3O3. The summed E-state index contributed by atoms with van der Waals surface area (Å²) in [6.07, 6.45) is 2.34. The van der Waals surface area contributed by atoms with Crippen molar-refractivity contribution in [2.45, 2.75) is 32.2 Å². The second-order valence-electron chi connectivity index (χ2n) is 4.87. The van der Waals surface area contributed by atoms with Gasteiger partial charge in [0.1, 0.15) is 5.82 Å². The fourth-order valence-electron chi connectivity index (χ4n) is 2.50. The standard InChI is InChI=1S/C13H17N3O3/c1-7-5-8(12(14)17)6-11(15-7)16-10-4-2-3-9(10)13(18)19/h5-6,9-10H,2-4H2,1H3,(H2,14,17)(H,15,16)(H,18,19). The lowest BCUT2D eigenvalue weighted by Crippen LogP contribution is -2.30. The molecule has 1 amide bonds. The SMILES string of the molecule is Cc1cc(C(N)=O)cc(NC2CCCC2C(=O)O)n1. The number of amides is 1. The third-order valence-electron chi connectivity index (χ3n) is 3.40. The van der Waals surface area contributed by atoms with Gasteiger partial charge in [0.05, 0.1) is 5.92 Å². The molecule has 1 aromatic rings. The topological polar surface area (TPSA) is 105 Å². The first-order valence-electron chi connectivity index (χ1n) is 6.25. The van der Waals surface area contributed by atoms with E-state index >= 15 is 0 Å². The Hall–Kier alpha value is -2.11. The van der Waals surface area contributed by atoms with Gasteiger partial charge in [-0.3, -0.25) is 9.59 Å². The van der Waals surface area contributed by atoms with Gasteiger partial charge in [0.2, 0.25) is 5.91 Å². The number of aromatic nitrogens is 1. The van der Waals surface area contributed by atoms with Crippen molar-refractivity contribution in [1.82, 2.24) is 4.98 Å². The van der Waals surface area contributed by atoms with Crippen LogP contribution >= 0.6 is 0 Å². The summed E-state index contributed by atoms with van der Waals surface area (Å²) in [5, 5.41) is 12.2. The third kappa shape index (κ3) is 3.01. The second-order valence-corrected chi connectivity index (χ2v) is 4.87. The lowest BCUT2D eigenvalue weighted by atomic mass is 10.0. The summed E-state index contributed by atoms with van der Waals surface area (Å²) in [5.41, 5.74) is 6.29. The van der Waals surface area contributed by atoms with Crippen LogP contribution in [-0.4, -0.2) is 28.0 Å².